The molecule has 2 aromatic carbocycles. The first-order chi connectivity index (χ1) is 11.1. The maximum absolute atomic E-state index is 11.8. The first-order valence-electron chi connectivity index (χ1n) is 7.29. The van der Waals surface area contributed by atoms with Crippen molar-refractivity contribution in [3.63, 3.8) is 0 Å². The predicted octanol–water partition coefficient (Wildman–Crippen LogP) is 3.26. The molecule has 0 bridgehead atoms. The van der Waals surface area contributed by atoms with Crippen molar-refractivity contribution in [2.24, 2.45) is 0 Å². The molecule has 6 heteroatoms. The summed E-state index contributed by atoms with van der Waals surface area (Å²) in [7, 11) is 0. The molecule has 0 aliphatic heterocycles. The summed E-state index contributed by atoms with van der Waals surface area (Å²) in [6, 6.07) is 11.8. The van der Waals surface area contributed by atoms with E-state index in [0.29, 0.717) is 23.8 Å². The van der Waals surface area contributed by atoms with Crippen molar-refractivity contribution in [1.82, 2.24) is 5.32 Å². The Bertz CT molecular complexity index is 673. The van der Waals surface area contributed by atoms with Crippen LogP contribution >= 0.6 is 0 Å². The fraction of sp³-hybridized carbons (Fsp3) is 0.235. The van der Waals surface area contributed by atoms with Gasteiger partial charge in [0, 0.05) is 0 Å². The number of carbonyl (C=O) groups is 1. The van der Waals surface area contributed by atoms with Gasteiger partial charge in [0.2, 0.25) is 0 Å². The first-order valence-corrected chi connectivity index (χ1v) is 7.29. The zero-order valence-corrected chi connectivity index (χ0v) is 13.1. The smallest absolute Gasteiger partial charge is 0.321 e. The molecule has 2 amide bonds. The van der Waals surface area contributed by atoms with Gasteiger partial charge in [0.05, 0.1) is 12.3 Å². The number of rotatable bonds is 6. The minimum Gasteiger partial charge on any atom is -0.506 e. The van der Waals surface area contributed by atoms with E-state index in [1.165, 1.54) is 0 Å². The van der Waals surface area contributed by atoms with Crippen LogP contribution in [-0.2, 0) is 0 Å². The number of phenolic OH excluding ortho intramolecular Hbond substituents is 1. The molecule has 6 nitrogen and oxygen atoms in total. The molecular weight excluding hydrogens is 296 g/mol. The highest BCUT2D eigenvalue weighted by Gasteiger charge is 2.07. The molecule has 0 saturated heterocycles. The monoisotopic (exact) mass is 316 g/mol. The molecule has 2 rings (SSSR count). The highest BCUT2D eigenvalue weighted by Crippen LogP contribution is 2.26. The number of amides is 2. The lowest BCUT2D eigenvalue weighted by Crippen LogP contribution is -2.32. The van der Waals surface area contributed by atoms with E-state index in [0.717, 1.165) is 5.56 Å². The van der Waals surface area contributed by atoms with Crippen molar-refractivity contribution in [1.29, 1.82) is 0 Å². The van der Waals surface area contributed by atoms with Crippen molar-refractivity contribution < 1.29 is 19.4 Å². The largest absolute Gasteiger partial charge is 0.506 e. The minimum absolute atomic E-state index is 0.0164. The van der Waals surface area contributed by atoms with Gasteiger partial charge in [-0.1, -0.05) is 18.2 Å². The molecule has 3 N–H and O–H groups in total. The summed E-state index contributed by atoms with van der Waals surface area (Å²) in [5.41, 5.74) is 1.24. The maximum atomic E-state index is 11.8. The molecule has 0 spiro atoms. The second-order valence-corrected chi connectivity index (χ2v) is 4.82. The molecular formula is C17H20N2O4. The molecule has 122 valence electrons. The van der Waals surface area contributed by atoms with Crippen LogP contribution in [0, 0.1) is 6.92 Å². The summed E-state index contributed by atoms with van der Waals surface area (Å²) >= 11 is 0. The number of urea groups is 1. The zero-order valence-electron chi connectivity index (χ0n) is 13.1. The molecule has 0 fully saturated rings. The average molecular weight is 316 g/mol. The fourth-order valence-electron chi connectivity index (χ4n) is 1.94. The molecule has 0 aromatic heterocycles. The first kappa shape index (κ1) is 16.5. The number of carbonyl (C=O) groups excluding carboxylic acids is 1. The Hall–Kier alpha value is -2.89. The number of hydrogen-bond donors (Lipinski definition) is 3. The standard InChI is InChI=1S/C17H20N2O4/c1-3-22-15-6-4-5-7-16(15)23-11-18-17(21)19-13-9-8-12(2)10-14(13)20/h4-10,20H,3,11H2,1-2H3,(H2,18,19,21). The van der Waals surface area contributed by atoms with Crippen molar-refractivity contribution in [3.05, 3.63) is 48.0 Å². The van der Waals surface area contributed by atoms with Crippen molar-refractivity contribution >= 4 is 11.7 Å². The van der Waals surface area contributed by atoms with E-state index in [2.05, 4.69) is 10.6 Å². The van der Waals surface area contributed by atoms with Gasteiger partial charge in [-0.15, -0.1) is 0 Å². The second-order valence-electron chi connectivity index (χ2n) is 4.82. The number of benzene rings is 2. The lowest BCUT2D eigenvalue weighted by atomic mass is 10.2. The number of phenols is 1. The van der Waals surface area contributed by atoms with Crippen LogP contribution in [0.5, 0.6) is 17.2 Å². The molecule has 0 atom stereocenters. The molecule has 0 radical (unpaired) electrons. The van der Waals surface area contributed by atoms with E-state index in [9.17, 15) is 9.90 Å². The van der Waals surface area contributed by atoms with Gasteiger partial charge < -0.3 is 25.2 Å². The fourth-order valence-corrected chi connectivity index (χ4v) is 1.94. The summed E-state index contributed by atoms with van der Waals surface area (Å²) in [6.45, 7) is 4.24. The quantitative estimate of drug-likeness (QED) is 0.564. The van der Waals surface area contributed by atoms with E-state index < -0.39 is 6.03 Å². The van der Waals surface area contributed by atoms with E-state index in [4.69, 9.17) is 9.47 Å². The molecule has 0 unspecified atom stereocenters. The van der Waals surface area contributed by atoms with Crippen LogP contribution in [0.3, 0.4) is 0 Å². The van der Waals surface area contributed by atoms with E-state index in [1.54, 1.807) is 30.3 Å². The highest BCUT2D eigenvalue weighted by molar-refractivity contribution is 5.90. The van der Waals surface area contributed by atoms with Gasteiger partial charge in [-0.3, -0.25) is 0 Å². The molecule has 0 heterocycles. The summed E-state index contributed by atoms with van der Waals surface area (Å²) in [5, 5.41) is 14.9. The normalized spacial score (nSPS) is 10.0. The van der Waals surface area contributed by atoms with Gasteiger partial charge in [-0.05, 0) is 43.7 Å². The number of ether oxygens (including phenoxy) is 2. The van der Waals surface area contributed by atoms with Crippen LogP contribution in [0.4, 0.5) is 10.5 Å². The second kappa shape index (κ2) is 7.93. The SMILES string of the molecule is CCOc1ccccc1OCNC(=O)Nc1ccc(C)cc1O. The Morgan fingerprint density at radius 3 is 2.48 bits per heavy atom. The molecule has 0 saturated carbocycles. The molecule has 0 aliphatic carbocycles. The lowest BCUT2D eigenvalue weighted by Gasteiger charge is -2.13. The van der Waals surface area contributed by atoms with Crippen molar-refractivity contribution in [3.8, 4) is 17.2 Å². The third-order valence-corrected chi connectivity index (χ3v) is 3.01. The van der Waals surface area contributed by atoms with Gasteiger partial charge in [0.25, 0.3) is 0 Å². The topological polar surface area (TPSA) is 79.8 Å². The van der Waals surface area contributed by atoms with Crippen LogP contribution in [-0.4, -0.2) is 24.5 Å². The molecule has 0 aliphatic rings. The van der Waals surface area contributed by atoms with Crippen LogP contribution in [0.2, 0.25) is 0 Å². The van der Waals surface area contributed by atoms with E-state index >= 15 is 0 Å². The molecule has 23 heavy (non-hydrogen) atoms. The Morgan fingerprint density at radius 2 is 1.83 bits per heavy atom. The summed E-state index contributed by atoms with van der Waals surface area (Å²) < 4.78 is 10.9. The van der Waals surface area contributed by atoms with Crippen LogP contribution in [0.15, 0.2) is 42.5 Å². The van der Waals surface area contributed by atoms with Crippen LogP contribution in [0.1, 0.15) is 12.5 Å². The minimum atomic E-state index is -0.474. The number of anilines is 1. The average Bonchev–Trinajstić information content (AvgIpc) is 2.52. The number of hydrogen-bond acceptors (Lipinski definition) is 4. The Morgan fingerprint density at radius 1 is 1.13 bits per heavy atom. The Kier molecular flexibility index (Phi) is 5.68. The Labute approximate surface area is 135 Å². The number of aryl methyl sites for hydroxylation is 1. The van der Waals surface area contributed by atoms with Gasteiger partial charge in [-0.2, -0.15) is 0 Å². The van der Waals surface area contributed by atoms with Gasteiger partial charge in [-0.25, -0.2) is 4.79 Å². The maximum Gasteiger partial charge on any atom is 0.321 e. The third-order valence-electron chi connectivity index (χ3n) is 3.01. The zero-order chi connectivity index (χ0) is 16.7. The number of aromatic hydroxyl groups is 1. The van der Waals surface area contributed by atoms with Gasteiger partial charge >= 0.3 is 6.03 Å². The van der Waals surface area contributed by atoms with E-state index in [-0.39, 0.29) is 12.5 Å². The number of nitrogens with one attached hydrogen (secondary N) is 2. The summed E-state index contributed by atoms with van der Waals surface area (Å²) in [4.78, 5) is 11.8. The summed E-state index contributed by atoms with van der Waals surface area (Å²) in [6.07, 6.45) is 0. The lowest BCUT2D eigenvalue weighted by molar-refractivity contribution is 0.229. The van der Waals surface area contributed by atoms with Crippen molar-refractivity contribution in [2.75, 3.05) is 18.7 Å². The van der Waals surface area contributed by atoms with Gasteiger partial charge in [0.1, 0.15) is 5.75 Å². The Balaban J connectivity index is 1.85. The van der Waals surface area contributed by atoms with Gasteiger partial charge in [0.15, 0.2) is 18.2 Å². The van der Waals surface area contributed by atoms with Crippen LogP contribution in [0.25, 0.3) is 0 Å². The predicted molar refractivity (Wildman–Crippen MR) is 88.1 cm³/mol. The van der Waals surface area contributed by atoms with Crippen LogP contribution < -0.4 is 20.1 Å². The molecule has 2 aromatic rings. The highest BCUT2D eigenvalue weighted by atomic mass is 16.5. The van der Waals surface area contributed by atoms with E-state index in [1.807, 2.05) is 26.0 Å². The number of para-hydroxylation sites is 2. The third kappa shape index (κ3) is 4.81. The summed E-state index contributed by atoms with van der Waals surface area (Å²) in [5.74, 6) is 1.18. The van der Waals surface area contributed by atoms with Crippen molar-refractivity contribution in [2.45, 2.75) is 13.8 Å².